The van der Waals surface area contributed by atoms with Gasteiger partial charge in [0.2, 0.25) is 0 Å². The maximum Gasteiger partial charge on any atom is 0.319 e. The molecule has 1 atom stereocenters. The number of hydrogen-bond acceptors (Lipinski definition) is 3. The highest BCUT2D eigenvalue weighted by Gasteiger charge is 2.11. The average Bonchev–Trinajstić information content (AvgIpc) is 2.83. The number of carbonyl (C=O) groups is 1. The van der Waals surface area contributed by atoms with Crippen molar-refractivity contribution < 1.29 is 14.3 Å². The van der Waals surface area contributed by atoms with E-state index >= 15 is 0 Å². The van der Waals surface area contributed by atoms with E-state index < -0.39 is 0 Å². The Hall–Kier alpha value is -2.69. The van der Waals surface area contributed by atoms with Crippen LogP contribution in [-0.4, -0.2) is 19.7 Å². The zero-order valence-corrected chi connectivity index (χ0v) is 20.7. The Balaban J connectivity index is 1.71. The van der Waals surface area contributed by atoms with Crippen molar-refractivity contribution in [3.8, 4) is 11.5 Å². The lowest BCUT2D eigenvalue weighted by atomic mass is 10.1. The number of methoxy groups -OCH3 is 1. The largest absolute Gasteiger partial charge is 0.493 e. The maximum atomic E-state index is 12.4. The first-order valence-corrected chi connectivity index (χ1v) is 12.6. The Morgan fingerprint density at radius 2 is 1.48 bits per heavy atom. The van der Waals surface area contributed by atoms with Crippen molar-refractivity contribution in [3.63, 3.8) is 0 Å². The van der Waals surface area contributed by atoms with E-state index in [4.69, 9.17) is 9.47 Å². The predicted molar refractivity (Wildman–Crippen MR) is 137 cm³/mol. The van der Waals surface area contributed by atoms with Crippen LogP contribution in [0.4, 0.5) is 10.5 Å². The molecule has 182 valence electrons. The van der Waals surface area contributed by atoms with Gasteiger partial charge in [-0.1, -0.05) is 95.0 Å². The van der Waals surface area contributed by atoms with Crippen LogP contribution < -0.4 is 20.1 Å². The lowest BCUT2D eigenvalue weighted by molar-refractivity contribution is 0.249. The van der Waals surface area contributed by atoms with E-state index in [0.717, 1.165) is 12.0 Å². The Labute approximate surface area is 200 Å². The number of benzene rings is 2. The molecule has 0 bridgehead atoms. The summed E-state index contributed by atoms with van der Waals surface area (Å²) in [6.45, 7) is 4.87. The number of anilines is 1. The van der Waals surface area contributed by atoms with Crippen LogP contribution in [0.25, 0.3) is 0 Å². The smallest absolute Gasteiger partial charge is 0.319 e. The second-order valence-corrected chi connectivity index (χ2v) is 8.63. The van der Waals surface area contributed by atoms with E-state index in [0.29, 0.717) is 23.8 Å². The first-order valence-electron chi connectivity index (χ1n) is 12.6. The zero-order chi connectivity index (χ0) is 23.7. The van der Waals surface area contributed by atoms with Crippen molar-refractivity contribution in [1.29, 1.82) is 0 Å². The molecular formula is C28H42N2O3. The SMILES string of the molecule is CCCCCCCCCCCCOc1cc(NC(=O)N[C@@H](C)c2ccccc2)ccc1OC. The molecule has 0 saturated heterocycles. The summed E-state index contributed by atoms with van der Waals surface area (Å²) in [7, 11) is 1.63. The third kappa shape index (κ3) is 10.6. The number of amides is 2. The molecule has 5 nitrogen and oxygen atoms in total. The van der Waals surface area contributed by atoms with E-state index in [1.165, 1.54) is 57.8 Å². The van der Waals surface area contributed by atoms with Crippen LogP contribution in [0.3, 0.4) is 0 Å². The minimum Gasteiger partial charge on any atom is -0.493 e. The number of carbonyl (C=O) groups excluding carboxylic acids is 1. The highest BCUT2D eigenvalue weighted by Crippen LogP contribution is 2.30. The van der Waals surface area contributed by atoms with Crippen LogP contribution in [-0.2, 0) is 0 Å². The van der Waals surface area contributed by atoms with Crippen LogP contribution in [0.5, 0.6) is 11.5 Å². The van der Waals surface area contributed by atoms with E-state index in [2.05, 4.69) is 17.6 Å². The van der Waals surface area contributed by atoms with Gasteiger partial charge in [0, 0.05) is 11.8 Å². The minimum absolute atomic E-state index is 0.0866. The van der Waals surface area contributed by atoms with Crippen molar-refractivity contribution >= 4 is 11.7 Å². The van der Waals surface area contributed by atoms with Gasteiger partial charge in [0.1, 0.15) is 0 Å². The number of unbranched alkanes of at least 4 members (excludes halogenated alkanes) is 9. The predicted octanol–water partition coefficient (Wildman–Crippen LogP) is 7.88. The standard InChI is InChI=1S/C28H42N2O3/c1-4-5-6-7-8-9-10-11-12-16-21-33-27-22-25(19-20-26(27)32-3)30-28(31)29-23(2)24-17-14-13-15-18-24/h13-15,17-20,22-23H,4-12,16,21H2,1-3H3,(H2,29,30,31)/t23-/m0/s1. The van der Waals surface area contributed by atoms with Crippen LogP contribution in [0.2, 0.25) is 0 Å². The van der Waals surface area contributed by atoms with Gasteiger partial charge >= 0.3 is 6.03 Å². The molecule has 33 heavy (non-hydrogen) atoms. The molecule has 0 unspecified atom stereocenters. The Morgan fingerprint density at radius 1 is 0.848 bits per heavy atom. The van der Waals surface area contributed by atoms with E-state index in [9.17, 15) is 4.79 Å². The van der Waals surface area contributed by atoms with Gasteiger partial charge in [0.15, 0.2) is 11.5 Å². The molecule has 0 aliphatic carbocycles. The van der Waals surface area contributed by atoms with Gasteiger partial charge in [-0.2, -0.15) is 0 Å². The summed E-state index contributed by atoms with van der Waals surface area (Å²) >= 11 is 0. The summed E-state index contributed by atoms with van der Waals surface area (Å²) in [4.78, 5) is 12.4. The molecule has 0 saturated carbocycles. The molecular weight excluding hydrogens is 412 g/mol. The third-order valence-corrected chi connectivity index (χ3v) is 5.82. The summed E-state index contributed by atoms with van der Waals surface area (Å²) in [5.41, 5.74) is 1.73. The summed E-state index contributed by atoms with van der Waals surface area (Å²) in [5.74, 6) is 1.33. The van der Waals surface area contributed by atoms with Gasteiger partial charge in [0.05, 0.1) is 19.8 Å². The molecule has 0 heterocycles. The lowest BCUT2D eigenvalue weighted by Crippen LogP contribution is -2.31. The van der Waals surface area contributed by atoms with Crippen LogP contribution in [0.15, 0.2) is 48.5 Å². The number of rotatable bonds is 16. The van der Waals surface area contributed by atoms with Crippen LogP contribution in [0.1, 0.15) is 89.7 Å². The van der Waals surface area contributed by atoms with Gasteiger partial charge < -0.3 is 20.1 Å². The monoisotopic (exact) mass is 454 g/mol. The first kappa shape index (κ1) is 26.6. The fourth-order valence-corrected chi connectivity index (χ4v) is 3.83. The highest BCUT2D eigenvalue weighted by molar-refractivity contribution is 5.89. The number of urea groups is 1. The van der Waals surface area contributed by atoms with E-state index in [1.54, 1.807) is 7.11 Å². The Bertz CT molecular complexity index is 795. The molecule has 0 radical (unpaired) electrons. The third-order valence-electron chi connectivity index (χ3n) is 5.82. The minimum atomic E-state index is -0.253. The molecule has 0 spiro atoms. The second kappa shape index (κ2) is 16.0. The zero-order valence-electron chi connectivity index (χ0n) is 20.7. The topological polar surface area (TPSA) is 59.6 Å². The van der Waals surface area contributed by atoms with Crippen molar-refractivity contribution in [2.24, 2.45) is 0 Å². The molecule has 0 aliphatic heterocycles. The fraction of sp³-hybridized carbons (Fsp3) is 0.536. The number of ether oxygens (including phenoxy) is 2. The normalized spacial score (nSPS) is 11.6. The number of nitrogens with one attached hydrogen (secondary N) is 2. The van der Waals surface area contributed by atoms with Gasteiger partial charge in [-0.3, -0.25) is 0 Å². The van der Waals surface area contributed by atoms with Gasteiger partial charge in [0.25, 0.3) is 0 Å². The molecule has 2 aromatic rings. The lowest BCUT2D eigenvalue weighted by Gasteiger charge is -2.16. The molecule has 2 aromatic carbocycles. The Kier molecular flexibility index (Phi) is 12.9. The van der Waals surface area contributed by atoms with Crippen LogP contribution >= 0.6 is 0 Å². The van der Waals surface area contributed by atoms with Gasteiger partial charge in [-0.05, 0) is 31.0 Å². The van der Waals surface area contributed by atoms with Crippen molar-refractivity contribution in [1.82, 2.24) is 5.32 Å². The Morgan fingerprint density at radius 3 is 2.12 bits per heavy atom. The first-order chi connectivity index (χ1) is 16.1. The van der Waals surface area contributed by atoms with Crippen LogP contribution in [0, 0.1) is 0 Å². The summed E-state index contributed by atoms with van der Waals surface area (Å²) in [5, 5.41) is 5.85. The molecule has 0 aromatic heterocycles. The molecule has 2 N–H and O–H groups in total. The van der Waals surface area contributed by atoms with Crippen molar-refractivity contribution in [2.45, 2.75) is 84.1 Å². The molecule has 2 rings (SSSR count). The van der Waals surface area contributed by atoms with Crippen molar-refractivity contribution in [3.05, 3.63) is 54.1 Å². The summed E-state index contributed by atoms with van der Waals surface area (Å²) < 4.78 is 11.4. The number of hydrogen-bond donors (Lipinski definition) is 2. The summed E-state index contributed by atoms with van der Waals surface area (Å²) in [6.07, 6.45) is 12.9. The molecule has 0 fully saturated rings. The van der Waals surface area contributed by atoms with Gasteiger partial charge in [-0.15, -0.1) is 0 Å². The summed E-state index contributed by atoms with van der Waals surface area (Å²) in [6, 6.07) is 15.0. The molecule has 2 amide bonds. The van der Waals surface area contributed by atoms with Crippen molar-refractivity contribution in [2.75, 3.05) is 19.0 Å². The maximum absolute atomic E-state index is 12.4. The average molecular weight is 455 g/mol. The van der Waals surface area contributed by atoms with E-state index in [1.807, 2.05) is 55.5 Å². The quantitative estimate of drug-likeness (QED) is 0.254. The van der Waals surface area contributed by atoms with E-state index in [-0.39, 0.29) is 12.1 Å². The fourth-order valence-electron chi connectivity index (χ4n) is 3.83. The highest BCUT2D eigenvalue weighted by atomic mass is 16.5. The molecule has 5 heteroatoms. The second-order valence-electron chi connectivity index (χ2n) is 8.63. The molecule has 0 aliphatic rings. The van der Waals surface area contributed by atoms with Gasteiger partial charge in [-0.25, -0.2) is 4.79 Å².